The zero-order chi connectivity index (χ0) is 17.9. The van der Waals surface area contributed by atoms with Crippen molar-refractivity contribution in [3.05, 3.63) is 55.0 Å². The number of carbonyl (C=O) groups excluding carboxylic acids is 1. The summed E-state index contributed by atoms with van der Waals surface area (Å²) < 4.78 is 5.44. The van der Waals surface area contributed by atoms with Crippen LogP contribution in [0.1, 0.15) is 40.5 Å². The molecule has 0 bridgehead atoms. The van der Waals surface area contributed by atoms with Crippen LogP contribution in [-0.2, 0) is 9.53 Å². The van der Waals surface area contributed by atoms with E-state index in [1.54, 1.807) is 6.08 Å². The molecule has 0 aromatic heterocycles. The molecule has 0 saturated heterocycles. The summed E-state index contributed by atoms with van der Waals surface area (Å²) in [5, 5.41) is 10.1. The number of ether oxygens (including phenoxy) is 1. The van der Waals surface area contributed by atoms with E-state index in [2.05, 4.69) is 20.3 Å². The van der Waals surface area contributed by atoms with Gasteiger partial charge in [-0.2, -0.15) is 6.42 Å². The van der Waals surface area contributed by atoms with Gasteiger partial charge >= 0.3 is 35.5 Å². The average molecular weight is 354 g/mol. The van der Waals surface area contributed by atoms with Crippen LogP contribution in [0.5, 0.6) is 0 Å². The monoisotopic (exact) mass is 354 g/mol. The largest absolute Gasteiger partial charge is 1.00 e. The number of cyclic esters (lactones) is 1. The van der Waals surface area contributed by atoms with Crippen molar-refractivity contribution in [2.24, 2.45) is 17.8 Å². The third-order valence-corrected chi connectivity index (χ3v) is 4.40. The molecule has 1 heterocycles. The van der Waals surface area contributed by atoms with Gasteiger partial charge in [0.05, 0.1) is 0 Å². The van der Waals surface area contributed by atoms with Gasteiger partial charge in [0, 0.05) is 18.1 Å². The van der Waals surface area contributed by atoms with E-state index < -0.39 is 6.10 Å². The number of aliphatic hydroxyl groups is 1. The molecule has 1 N–H and O–H groups in total. The second-order valence-corrected chi connectivity index (χ2v) is 6.56. The number of hydrogen-bond acceptors (Lipinski definition) is 3. The van der Waals surface area contributed by atoms with E-state index in [0.29, 0.717) is 5.92 Å². The van der Waals surface area contributed by atoms with Crippen LogP contribution < -0.4 is 29.6 Å². The number of allylic oxidation sites excluding steroid dienone is 5. The molecule has 0 fully saturated rings. The van der Waals surface area contributed by atoms with Crippen LogP contribution in [0.25, 0.3) is 0 Å². The molecule has 1 aliphatic heterocycles. The molecular weight excluding hydrogens is 323 g/mol. The second kappa shape index (κ2) is 13.6. The molecular formula is C21H31NaO3. The molecule has 134 valence electrons. The van der Waals surface area contributed by atoms with Gasteiger partial charge in [-0.1, -0.05) is 69.7 Å². The van der Waals surface area contributed by atoms with Gasteiger partial charge in [0.25, 0.3) is 0 Å². The van der Waals surface area contributed by atoms with Crippen molar-refractivity contribution in [3.8, 4) is 0 Å². The van der Waals surface area contributed by atoms with Crippen molar-refractivity contribution < 1.29 is 44.2 Å². The predicted octanol–water partition coefficient (Wildman–Crippen LogP) is 1.41. The first kappa shape index (κ1) is 24.4. The average Bonchev–Trinajstić information content (AvgIpc) is 2.56. The molecule has 0 saturated carbocycles. The Morgan fingerprint density at radius 1 is 1.28 bits per heavy atom. The van der Waals surface area contributed by atoms with Gasteiger partial charge in [-0.05, 0) is 12.8 Å². The van der Waals surface area contributed by atoms with Crippen LogP contribution in [0.15, 0.2) is 48.6 Å². The van der Waals surface area contributed by atoms with E-state index >= 15 is 0 Å². The molecule has 25 heavy (non-hydrogen) atoms. The van der Waals surface area contributed by atoms with Crippen LogP contribution in [-0.4, -0.2) is 23.3 Å². The first-order valence-electron chi connectivity index (χ1n) is 8.82. The number of rotatable bonds is 9. The Morgan fingerprint density at radius 3 is 2.64 bits per heavy atom. The first-order chi connectivity index (χ1) is 11.5. The number of aliphatic hydroxyl groups excluding tert-OH is 1. The van der Waals surface area contributed by atoms with Crippen molar-refractivity contribution in [2.45, 2.75) is 52.7 Å². The van der Waals surface area contributed by atoms with Gasteiger partial charge in [0.1, 0.15) is 6.10 Å². The minimum Gasteiger partial charge on any atom is -0.458 e. The molecule has 0 spiro atoms. The minimum atomic E-state index is -0.482. The fraction of sp³-hybridized carbons (Fsp3) is 0.524. The number of carbonyl (C=O) groups is 1. The Hall–Kier alpha value is -0.610. The number of esters is 1. The predicted molar refractivity (Wildman–Crippen MR) is 99.1 cm³/mol. The molecule has 1 aliphatic rings. The van der Waals surface area contributed by atoms with Crippen molar-refractivity contribution in [2.75, 3.05) is 0 Å². The molecule has 0 aliphatic carbocycles. The van der Waals surface area contributed by atoms with Gasteiger partial charge in [-0.25, -0.2) is 4.79 Å². The van der Waals surface area contributed by atoms with Crippen LogP contribution in [0.4, 0.5) is 0 Å². The maximum Gasteiger partial charge on any atom is 1.00 e. The SMILES string of the molecule is C/C=C/C=C\C=C/C(O)C(C)[CH-]CCC(C)[C@@H]1OC(=O)C=C[C@@H]1C.[Na+]. The summed E-state index contributed by atoms with van der Waals surface area (Å²) in [7, 11) is 0. The van der Waals surface area contributed by atoms with Gasteiger partial charge in [0.15, 0.2) is 0 Å². The van der Waals surface area contributed by atoms with E-state index in [4.69, 9.17) is 4.74 Å². The third-order valence-electron chi connectivity index (χ3n) is 4.40. The second-order valence-electron chi connectivity index (χ2n) is 6.56. The zero-order valence-corrected chi connectivity index (χ0v) is 18.3. The Bertz CT molecular complexity index is 493. The van der Waals surface area contributed by atoms with E-state index in [9.17, 15) is 9.90 Å². The van der Waals surface area contributed by atoms with Gasteiger partial charge < -0.3 is 16.3 Å². The standard InChI is InChI=1S/C21H31O3.Na/c1-5-6-7-8-9-13-19(22)16(2)11-10-12-17(3)21-18(4)14-15-20(23)24-21;/h5-9,11,13-19,21-22H,10,12H2,1-4H3;/q-1;+1/b6-5+,8-7-,13-9-;/t16?,17?,18-,19?,21-;/m0./s1. The van der Waals surface area contributed by atoms with Crippen molar-refractivity contribution in [1.82, 2.24) is 0 Å². The maximum absolute atomic E-state index is 11.4. The topological polar surface area (TPSA) is 46.5 Å². The van der Waals surface area contributed by atoms with Crippen molar-refractivity contribution >= 4 is 5.97 Å². The summed E-state index contributed by atoms with van der Waals surface area (Å²) >= 11 is 0. The normalized spacial score (nSPS) is 24.4. The maximum atomic E-state index is 11.4. The number of hydrogen-bond donors (Lipinski definition) is 1. The van der Waals surface area contributed by atoms with Crippen LogP contribution in [0, 0.1) is 24.2 Å². The molecule has 0 radical (unpaired) electrons. The molecule has 4 heteroatoms. The van der Waals surface area contributed by atoms with E-state index in [1.807, 2.05) is 50.3 Å². The Balaban J connectivity index is 0.00000576. The molecule has 3 nitrogen and oxygen atoms in total. The fourth-order valence-electron chi connectivity index (χ4n) is 2.77. The Morgan fingerprint density at radius 2 is 1.96 bits per heavy atom. The fourth-order valence-corrected chi connectivity index (χ4v) is 2.77. The van der Waals surface area contributed by atoms with Crippen molar-refractivity contribution in [3.63, 3.8) is 0 Å². The van der Waals surface area contributed by atoms with Crippen LogP contribution in [0.2, 0.25) is 0 Å². The van der Waals surface area contributed by atoms with Gasteiger partial charge in [0.2, 0.25) is 0 Å². The molecule has 0 amide bonds. The van der Waals surface area contributed by atoms with Gasteiger partial charge in [-0.3, -0.25) is 0 Å². The first-order valence-corrected chi connectivity index (χ1v) is 8.82. The molecule has 1 rings (SSSR count). The summed E-state index contributed by atoms with van der Waals surface area (Å²) in [4.78, 5) is 11.4. The third kappa shape index (κ3) is 9.60. The molecule has 0 aromatic carbocycles. The summed E-state index contributed by atoms with van der Waals surface area (Å²) in [5.74, 6) is 0.407. The Labute approximate surface area is 175 Å². The summed E-state index contributed by atoms with van der Waals surface area (Å²) in [6, 6.07) is 0. The summed E-state index contributed by atoms with van der Waals surface area (Å²) in [6.45, 7) is 8.17. The summed E-state index contributed by atoms with van der Waals surface area (Å²) in [5.41, 5.74) is 0. The van der Waals surface area contributed by atoms with Crippen LogP contribution in [0.3, 0.4) is 0 Å². The van der Waals surface area contributed by atoms with Gasteiger partial charge in [-0.15, -0.1) is 5.92 Å². The smallest absolute Gasteiger partial charge is 0.458 e. The minimum absolute atomic E-state index is 0. The summed E-state index contributed by atoms with van der Waals surface area (Å²) in [6.07, 6.45) is 18.3. The quantitative estimate of drug-likeness (QED) is 0.295. The Kier molecular flexibility index (Phi) is 13.2. The van der Waals surface area contributed by atoms with Crippen LogP contribution >= 0.6 is 0 Å². The van der Waals surface area contributed by atoms with E-state index in [0.717, 1.165) is 12.8 Å². The molecule has 3 unspecified atom stereocenters. The molecule has 5 atom stereocenters. The zero-order valence-electron chi connectivity index (χ0n) is 16.3. The molecule has 0 aromatic rings. The van der Waals surface area contributed by atoms with Crippen molar-refractivity contribution in [1.29, 1.82) is 0 Å². The van der Waals surface area contributed by atoms with E-state index in [-0.39, 0.29) is 53.5 Å². The van der Waals surface area contributed by atoms with E-state index in [1.165, 1.54) is 6.08 Å².